The molecule has 0 bridgehead atoms. The monoisotopic (exact) mass is 305 g/mol. The SMILES string of the molecule is CCOc1cc(C(N)=S)ccc1OCCn1ccnc1C. The van der Waals surface area contributed by atoms with Gasteiger partial charge in [-0.2, -0.15) is 0 Å². The van der Waals surface area contributed by atoms with Gasteiger partial charge in [-0.05, 0) is 32.0 Å². The Morgan fingerprint density at radius 1 is 1.33 bits per heavy atom. The minimum atomic E-state index is 0.344. The summed E-state index contributed by atoms with van der Waals surface area (Å²) in [6, 6.07) is 5.48. The lowest BCUT2D eigenvalue weighted by atomic mass is 10.2. The fourth-order valence-electron chi connectivity index (χ4n) is 1.94. The summed E-state index contributed by atoms with van der Waals surface area (Å²) in [7, 11) is 0. The first kappa shape index (κ1) is 15.3. The quantitative estimate of drug-likeness (QED) is 0.795. The van der Waals surface area contributed by atoms with Gasteiger partial charge < -0.3 is 19.8 Å². The minimum absolute atomic E-state index is 0.344. The average Bonchev–Trinajstić information content (AvgIpc) is 2.86. The Labute approximate surface area is 129 Å². The Kier molecular flexibility index (Phi) is 5.16. The van der Waals surface area contributed by atoms with Crippen LogP contribution >= 0.6 is 12.2 Å². The molecule has 0 aliphatic rings. The zero-order chi connectivity index (χ0) is 15.2. The predicted octanol–water partition coefficient (Wildman–Crippen LogP) is 2.30. The molecule has 0 amide bonds. The lowest BCUT2D eigenvalue weighted by Crippen LogP contribution is -2.11. The minimum Gasteiger partial charge on any atom is -0.490 e. The van der Waals surface area contributed by atoms with E-state index in [1.807, 2.05) is 42.8 Å². The van der Waals surface area contributed by atoms with Crippen molar-refractivity contribution < 1.29 is 9.47 Å². The van der Waals surface area contributed by atoms with Crippen molar-refractivity contribution in [1.82, 2.24) is 9.55 Å². The Balaban J connectivity index is 2.04. The fraction of sp³-hybridized carbons (Fsp3) is 0.333. The van der Waals surface area contributed by atoms with Crippen molar-refractivity contribution >= 4 is 17.2 Å². The summed E-state index contributed by atoms with van der Waals surface area (Å²) in [5.41, 5.74) is 6.40. The smallest absolute Gasteiger partial charge is 0.161 e. The lowest BCUT2D eigenvalue weighted by Gasteiger charge is -2.13. The van der Waals surface area contributed by atoms with Gasteiger partial charge in [-0.15, -0.1) is 0 Å². The average molecular weight is 305 g/mol. The molecule has 1 heterocycles. The third-order valence-electron chi connectivity index (χ3n) is 3.04. The molecule has 5 nitrogen and oxygen atoms in total. The molecule has 0 saturated carbocycles. The molecular weight excluding hydrogens is 286 g/mol. The molecule has 0 aliphatic heterocycles. The fourth-order valence-corrected chi connectivity index (χ4v) is 2.07. The van der Waals surface area contributed by atoms with Crippen LogP contribution in [0.25, 0.3) is 0 Å². The number of rotatable bonds is 7. The zero-order valence-electron chi connectivity index (χ0n) is 12.2. The molecule has 0 spiro atoms. The van der Waals surface area contributed by atoms with Gasteiger partial charge in [0.05, 0.1) is 13.2 Å². The van der Waals surface area contributed by atoms with E-state index in [0.717, 1.165) is 17.9 Å². The number of benzene rings is 1. The van der Waals surface area contributed by atoms with Gasteiger partial charge in [-0.1, -0.05) is 12.2 Å². The highest BCUT2D eigenvalue weighted by Crippen LogP contribution is 2.28. The molecule has 2 aromatic rings. The lowest BCUT2D eigenvalue weighted by molar-refractivity contribution is 0.266. The van der Waals surface area contributed by atoms with E-state index in [4.69, 9.17) is 27.4 Å². The van der Waals surface area contributed by atoms with Gasteiger partial charge in [0, 0.05) is 18.0 Å². The molecule has 0 fully saturated rings. The Morgan fingerprint density at radius 2 is 2.14 bits per heavy atom. The van der Waals surface area contributed by atoms with Crippen molar-refractivity contribution in [3.05, 3.63) is 42.0 Å². The third-order valence-corrected chi connectivity index (χ3v) is 3.28. The van der Waals surface area contributed by atoms with Gasteiger partial charge in [-0.3, -0.25) is 0 Å². The maximum absolute atomic E-state index is 5.80. The van der Waals surface area contributed by atoms with Crippen LogP contribution in [0.1, 0.15) is 18.3 Å². The van der Waals surface area contributed by atoms with E-state index in [1.54, 1.807) is 6.20 Å². The first-order chi connectivity index (χ1) is 10.1. The topological polar surface area (TPSA) is 62.3 Å². The summed E-state index contributed by atoms with van der Waals surface area (Å²) in [5, 5.41) is 0. The predicted molar refractivity (Wildman–Crippen MR) is 86.0 cm³/mol. The molecule has 1 aromatic heterocycles. The van der Waals surface area contributed by atoms with Crippen LogP contribution in [0.2, 0.25) is 0 Å². The number of nitrogens with zero attached hydrogens (tertiary/aromatic N) is 2. The molecule has 0 aliphatic carbocycles. The van der Waals surface area contributed by atoms with Crippen LogP contribution in [0.5, 0.6) is 11.5 Å². The van der Waals surface area contributed by atoms with Crippen LogP contribution in [0.15, 0.2) is 30.6 Å². The van der Waals surface area contributed by atoms with E-state index in [9.17, 15) is 0 Å². The molecule has 0 atom stereocenters. The Hall–Kier alpha value is -2.08. The summed E-state index contributed by atoms with van der Waals surface area (Å²) in [6.07, 6.45) is 3.70. The van der Waals surface area contributed by atoms with E-state index in [1.165, 1.54) is 0 Å². The van der Waals surface area contributed by atoms with Gasteiger partial charge in [-0.25, -0.2) is 4.98 Å². The number of hydrogen-bond donors (Lipinski definition) is 1. The maximum Gasteiger partial charge on any atom is 0.161 e. The highest BCUT2D eigenvalue weighted by molar-refractivity contribution is 7.80. The zero-order valence-corrected chi connectivity index (χ0v) is 13.0. The number of hydrogen-bond acceptors (Lipinski definition) is 4. The second kappa shape index (κ2) is 7.08. The van der Waals surface area contributed by atoms with E-state index in [-0.39, 0.29) is 0 Å². The number of nitrogens with two attached hydrogens (primary N) is 1. The molecular formula is C15H19N3O2S. The van der Waals surface area contributed by atoms with Gasteiger partial charge in [0.2, 0.25) is 0 Å². The summed E-state index contributed by atoms with van der Waals surface area (Å²) >= 11 is 4.98. The molecule has 1 aromatic carbocycles. The second-order valence-corrected chi connectivity index (χ2v) is 4.91. The van der Waals surface area contributed by atoms with Gasteiger partial charge in [0.25, 0.3) is 0 Å². The number of aromatic nitrogens is 2. The van der Waals surface area contributed by atoms with E-state index in [2.05, 4.69) is 4.98 Å². The number of ether oxygens (including phenoxy) is 2. The normalized spacial score (nSPS) is 10.4. The van der Waals surface area contributed by atoms with Crippen LogP contribution < -0.4 is 15.2 Å². The third kappa shape index (κ3) is 3.95. The number of aryl methyl sites for hydroxylation is 1. The van der Waals surface area contributed by atoms with Crippen molar-refractivity contribution in [1.29, 1.82) is 0 Å². The van der Waals surface area contributed by atoms with E-state index < -0.39 is 0 Å². The highest BCUT2D eigenvalue weighted by atomic mass is 32.1. The molecule has 0 unspecified atom stereocenters. The van der Waals surface area contributed by atoms with Crippen molar-refractivity contribution in [3.8, 4) is 11.5 Å². The number of imidazole rings is 1. The van der Waals surface area contributed by atoms with E-state index in [0.29, 0.717) is 29.7 Å². The van der Waals surface area contributed by atoms with Crippen LogP contribution in [0.4, 0.5) is 0 Å². The van der Waals surface area contributed by atoms with Crippen molar-refractivity contribution in [2.24, 2.45) is 5.73 Å². The van der Waals surface area contributed by atoms with Gasteiger partial charge in [0.15, 0.2) is 11.5 Å². The van der Waals surface area contributed by atoms with Gasteiger partial charge >= 0.3 is 0 Å². The first-order valence-corrected chi connectivity index (χ1v) is 7.19. The number of thiocarbonyl (C=S) groups is 1. The van der Waals surface area contributed by atoms with Crippen LogP contribution in [0, 0.1) is 6.92 Å². The van der Waals surface area contributed by atoms with Crippen LogP contribution in [0.3, 0.4) is 0 Å². The van der Waals surface area contributed by atoms with Crippen molar-refractivity contribution in [2.75, 3.05) is 13.2 Å². The van der Waals surface area contributed by atoms with Crippen molar-refractivity contribution in [3.63, 3.8) is 0 Å². The molecule has 2 rings (SSSR count). The molecule has 0 saturated heterocycles. The maximum atomic E-state index is 5.80. The van der Waals surface area contributed by atoms with Crippen LogP contribution in [-0.4, -0.2) is 27.8 Å². The molecule has 0 radical (unpaired) electrons. The standard InChI is InChI=1S/C15H19N3O2S/c1-3-19-14-10-12(15(16)21)4-5-13(14)20-9-8-18-7-6-17-11(18)2/h4-7,10H,3,8-9H2,1-2H3,(H2,16,21). The highest BCUT2D eigenvalue weighted by Gasteiger charge is 2.08. The largest absolute Gasteiger partial charge is 0.490 e. The molecule has 21 heavy (non-hydrogen) atoms. The molecule has 112 valence electrons. The van der Waals surface area contributed by atoms with Gasteiger partial charge in [0.1, 0.15) is 17.4 Å². The molecule has 6 heteroatoms. The molecule has 2 N–H and O–H groups in total. The Bertz CT molecular complexity index is 625. The summed E-state index contributed by atoms with van der Waals surface area (Å²) in [5.74, 6) is 2.31. The van der Waals surface area contributed by atoms with Crippen molar-refractivity contribution in [2.45, 2.75) is 20.4 Å². The summed E-state index contributed by atoms with van der Waals surface area (Å²) in [4.78, 5) is 4.52. The van der Waals surface area contributed by atoms with Crippen LogP contribution in [-0.2, 0) is 6.54 Å². The first-order valence-electron chi connectivity index (χ1n) is 6.79. The summed E-state index contributed by atoms with van der Waals surface area (Å²) < 4.78 is 13.4. The Morgan fingerprint density at radius 3 is 2.76 bits per heavy atom. The second-order valence-electron chi connectivity index (χ2n) is 4.48. The van der Waals surface area contributed by atoms with E-state index >= 15 is 0 Å². The summed E-state index contributed by atoms with van der Waals surface area (Å²) in [6.45, 7) is 5.70.